The van der Waals surface area contributed by atoms with Crippen molar-refractivity contribution in [1.82, 2.24) is 0 Å². The Balaban J connectivity index is 2.63. The third-order valence-electron chi connectivity index (χ3n) is 1.98. The summed E-state index contributed by atoms with van der Waals surface area (Å²) in [6.07, 6.45) is 0. The van der Waals surface area contributed by atoms with Gasteiger partial charge in [0.15, 0.2) is 0 Å². The molecule has 0 heterocycles. The molecule has 0 fully saturated rings. The maximum Gasteiger partial charge on any atom is 0.335 e. The molecule has 0 saturated carbocycles. The van der Waals surface area contributed by atoms with Gasteiger partial charge in [0.25, 0.3) is 0 Å². The predicted octanol–water partition coefficient (Wildman–Crippen LogP) is 2.31. The fourth-order valence-electron chi connectivity index (χ4n) is 1.14. The Hall–Kier alpha value is -0.910. The van der Waals surface area contributed by atoms with Crippen LogP contribution in [0.5, 0.6) is 0 Å². The molecule has 0 bridgehead atoms. The van der Waals surface area contributed by atoms with E-state index in [-0.39, 0.29) is 5.56 Å². The molecule has 0 spiro atoms. The fourth-order valence-corrected chi connectivity index (χ4v) is 1.50. The third-order valence-corrected chi connectivity index (χ3v) is 2.76. The maximum atomic E-state index is 10.8. The summed E-state index contributed by atoms with van der Waals surface area (Å²) in [5, 5.41) is 8.83. The number of ether oxygens (including phenoxy) is 2. The quantitative estimate of drug-likeness (QED) is 0.816. The minimum absolute atomic E-state index is 0.258. The molecular weight excluding hydrogens is 276 g/mol. The van der Waals surface area contributed by atoms with Gasteiger partial charge in [0.2, 0.25) is 0 Å². The van der Waals surface area contributed by atoms with Crippen LogP contribution in [0.3, 0.4) is 0 Å². The SMILES string of the molecule is COCCOCc1cc(C(=O)O)ccc1Br. The first-order valence-corrected chi connectivity index (χ1v) is 5.53. The largest absolute Gasteiger partial charge is 0.478 e. The van der Waals surface area contributed by atoms with E-state index < -0.39 is 5.97 Å². The van der Waals surface area contributed by atoms with Gasteiger partial charge in [-0.2, -0.15) is 0 Å². The first kappa shape index (κ1) is 13.2. The minimum Gasteiger partial charge on any atom is -0.478 e. The van der Waals surface area contributed by atoms with E-state index in [0.29, 0.717) is 19.8 Å². The Morgan fingerprint density at radius 2 is 2.19 bits per heavy atom. The van der Waals surface area contributed by atoms with E-state index in [1.165, 1.54) is 0 Å². The summed E-state index contributed by atoms with van der Waals surface area (Å²) in [6, 6.07) is 4.85. The molecule has 0 aliphatic carbocycles. The highest BCUT2D eigenvalue weighted by Gasteiger charge is 2.06. The van der Waals surface area contributed by atoms with E-state index in [1.807, 2.05) is 0 Å². The van der Waals surface area contributed by atoms with Crippen LogP contribution in [0.1, 0.15) is 15.9 Å². The van der Waals surface area contributed by atoms with Crippen LogP contribution in [0.2, 0.25) is 0 Å². The molecule has 1 aromatic carbocycles. The Morgan fingerprint density at radius 3 is 2.81 bits per heavy atom. The van der Waals surface area contributed by atoms with Crippen LogP contribution in [-0.2, 0) is 16.1 Å². The topological polar surface area (TPSA) is 55.8 Å². The number of methoxy groups -OCH3 is 1. The van der Waals surface area contributed by atoms with Crippen molar-refractivity contribution < 1.29 is 19.4 Å². The summed E-state index contributed by atoms with van der Waals surface area (Å²) in [5.41, 5.74) is 1.07. The monoisotopic (exact) mass is 288 g/mol. The van der Waals surface area contributed by atoms with Gasteiger partial charge in [-0.05, 0) is 23.8 Å². The second-order valence-electron chi connectivity index (χ2n) is 3.16. The van der Waals surface area contributed by atoms with Crippen molar-refractivity contribution in [3.05, 3.63) is 33.8 Å². The fraction of sp³-hybridized carbons (Fsp3) is 0.364. The molecular formula is C11H13BrO4. The number of hydrogen-bond acceptors (Lipinski definition) is 3. The van der Waals surface area contributed by atoms with Gasteiger partial charge in [0.1, 0.15) is 0 Å². The Bertz CT molecular complexity index is 365. The summed E-state index contributed by atoms with van der Waals surface area (Å²) in [7, 11) is 1.60. The summed E-state index contributed by atoms with van der Waals surface area (Å²) in [4.78, 5) is 10.8. The molecule has 0 amide bonds. The van der Waals surface area contributed by atoms with E-state index in [9.17, 15) is 4.79 Å². The predicted molar refractivity (Wildman–Crippen MR) is 62.6 cm³/mol. The van der Waals surface area contributed by atoms with E-state index in [4.69, 9.17) is 14.6 Å². The second kappa shape index (κ2) is 6.62. The number of rotatable bonds is 6. The Morgan fingerprint density at radius 1 is 1.44 bits per heavy atom. The number of benzene rings is 1. The van der Waals surface area contributed by atoms with Gasteiger partial charge in [0.05, 0.1) is 25.4 Å². The lowest BCUT2D eigenvalue weighted by Crippen LogP contribution is -2.03. The number of halogens is 1. The van der Waals surface area contributed by atoms with Gasteiger partial charge in [-0.15, -0.1) is 0 Å². The summed E-state index contributed by atoms with van der Waals surface area (Å²) in [5.74, 6) is -0.939. The van der Waals surface area contributed by atoms with Crippen LogP contribution in [0.4, 0.5) is 0 Å². The van der Waals surface area contributed by atoms with E-state index >= 15 is 0 Å². The van der Waals surface area contributed by atoms with Crippen LogP contribution >= 0.6 is 15.9 Å². The van der Waals surface area contributed by atoms with Crippen molar-refractivity contribution in [2.75, 3.05) is 20.3 Å². The van der Waals surface area contributed by atoms with Crippen LogP contribution in [0.25, 0.3) is 0 Å². The molecule has 1 aromatic rings. The minimum atomic E-state index is -0.939. The van der Waals surface area contributed by atoms with Gasteiger partial charge in [0, 0.05) is 11.6 Å². The third kappa shape index (κ3) is 3.92. The van der Waals surface area contributed by atoms with Crippen molar-refractivity contribution >= 4 is 21.9 Å². The molecule has 4 nitrogen and oxygen atoms in total. The van der Waals surface area contributed by atoms with Crippen LogP contribution in [-0.4, -0.2) is 31.4 Å². The first-order valence-electron chi connectivity index (χ1n) is 4.73. The van der Waals surface area contributed by atoms with Crippen LogP contribution in [0.15, 0.2) is 22.7 Å². The first-order chi connectivity index (χ1) is 7.65. The summed E-state index contributed by atoms with van der Waals surface area (Å²) < 4.78 is 11.0. The number of hydrogen-bond donors (Lipinski definition) is 1. The average molecular weight is 289 g/mol. The number of aromatic carboxylic acids is 1. The number of carbonyl (C=O) groups is 1. The van der Waals surface area contributed by atoms with E-state index in [0.717, 1.165) is 10.0 Å². The molecule has 0 aliphatic heterocycles. The highest BCUT2D eigenvalue weighted by atomic mass is 79.9. The molecule has 0 atom stereocenters. The van der Waals surface area contributed by atoms with E-state index in [2.05, 4.69) is 15.9 Å². The standard InChI is InChI=1S/C11H13BrO4/c1-15-4-5-16-7-9-6-8(11(13)14)2-3-10(9)12/h2-3,6H,4-5,7H2,1H3,(H,13,14). The Kier molecular flexibility index (Phi) is 5.45. The smallest absolute Gasteiger partial charge is 0.335 e. The summed E-state index contributed by atoms with van der Waals surface area (Å²) in [6.45, 7) is 1.38. The van der Waals surface area contributed by atoms with Gasteiger partial charge in [-0.1, -0.05) is 15.9 Å². The molecule has 0 aromatic heterocycles. The highest BCUT2D eigenvalue weighted by molar-refractivity contribution is 9.10. The van der Waals surface area contributed by atoms with Crippen LogP contribution in [0, 0.1) is 0 Å². The lowest BCUT2D eigenvalue weighted by Gasteiger charge is -2.07. The second-order valence-corrected chi connectivity index (χ2v) is 4.01. The molecule has 0 unspecified atom stereocenters. The van der Waals surface area contributed by atoms with Gasteiger partial charge in [-0.3, -0.25) is 0 Å². The van der Waals surface area contributed by atoms with Crippen molar-refractivity contribution in [1.29, 1.82) is 0 Å². The summed E-state index contributed by atoms with van der Waals surface area (Å²) >= 11 is 3.34. The molecule has 0 saturated heterocycles. The van der Waals surface area contributed by atoms with Crippen molar-refractivity contribution in [2.24, 2.45) is 0 Å². The zero-order valence-corrected chi connectivity index (χ0v) is 10.5. The molecule has 1 rings (SSSR count). The van der Waals surface area contributed by atoms with Gasteiger partial charge < -0.3 is 14.6 Å². The normalized spacial score (nSPS) is 10.4. The zero-order valence-electron chi connectivity index (χ0n) is 8.90. The van der Waals surface area contributed by atoms with Crippen molar-refractivity contribution in [2.45, 2.75) is 6.61 Å². The number of carboxylic acid groups (broad SMARTS) is 1. The lowest BCUT2D eigenvalue weighted by atomic mass is 10.1. The molecule has 1 N–H and O–H groups in total. The Labute approximate surface area is 102 Å². The van der Waals surface area contributed by atoms with Crippen molar-refractivity contribution in [3.63, 3.8) is 0 Å². The maximum absolute atomic E-state index is 10.8. The molecule has 0 radical (unpaired) electrons. The molecule has 0 aliphatic rings. The van der Waals surface area contributed by atoms with Gasteiger partial charge in [-0.25, -0.2) is 4.79 Å². The highest BCUT2D eigenvalue weighted by Crippen LogP contribution is 2.19. The van der Waals surface area contributed by atoms with E-state index in [1.54, 1.807) is 25.3 Å². The molecule has 5 heteroatoms. The average Bonchev–Trinajstić information content (AvgIpc) is 2.26. The van der Waals surface area contributed by atoms with Gasteiger partial charge >= 0.3 is 5.97 Å². The number of carboxylic acids is 1. The van der Waals surface area contributed by atoms with Crippen molar-refractivity contribution in [3.8, 4) is 0 Å². The molecule has 16 heavy (non-hydrogen) atoms. The van der Waals surface area contributed by atoms with Crippen LogP contribution < -0.4 is 0 Å². The zero-order chi connectivity index (χ0) is 12.0. The lowest BCUT2D eigenvalue weighted by molar-refractivity contribution is 0.0612. The molecule has 88 valence electrons.